The molecule has 0 radical (unpaired) electrons. The van der Waals surface area contributed by atoms with E-state index >= 15 is 0 Å². The molecule has 158 valence electrons. The molecule has 0 saturated carbocycles. The maximum absolute atomic E-state index is 13.3. The maximum atomic E-state index is 13.3. The van der Waals surface area contributed by atoms with E-state index in [9.17, 15) is 29.1 Å². The Morgan fingerprint density at radius 2 is 1.57 bits per heavy atom. The predicted octanol–water partition coefficient (Wildman–Crippen LogP) is 1.29. The second kappa shape index (κ2) is 7.28. The molecule has 8 heteroatoms. The third-order valence-corrected chi connectivity index (χ3v) is 5.84. The maximum Gasteiger partial charge on any atom is 0.335 e. The van der Waals surface area contributed by atoms with Gasteiger partial charge in [0.15, 0.2) is 5.78 Å². The van der Waals surface area contributed by atoms with Crippen molar-refractivity contribution < 1.29 is 38.6 Å². The van der Waals surface area contributed by atoms with Gasteiger partial charge in [0.1, 0.15) is 28.5 Å². The van der Waals surface area contributed by atoms with Crippen molar-refractivity contribution in [2.75, 3.05) is 13.2 Å². The minimum atomic E-state index is -2.50. The third kappa shape index (κ3) is 2.40. The number of rotatable bonds is 6. The van der Waals surface area contributed by atoms with Gasteiger partial charge in [-0.3, -0.25) is 19.2 Å². The fourth-order valence-electron chi connectivity index (χ4n) is 4.84. The van der Waals surface area contributed by atoms with Gasteiger partial charge < -0.3 is 14.6 Å². The summed E-state index contributed by atoms with van der Waals surface area (Å²) in [4.78, 5) is 65.2. The molecular weight excluding hydrogens is 392 g/mol. The van der Waals surface area contributed by atoms with Crippen molar-refractivity contribution in [3.63, 3.8) is 0 Å². The summed E-state index contributed by atoms with van der Waals surface area (Å²) in [7, 11) is 0. The topological polar surface area (TPSA) is 124 Å². The predicted molar refractivity (Wildman–Crippen MR) is 102 cm³/mol. The zero-order valence-electron chi connectivity index (χ0n) is 17.1. The quantitative estimate of drug-likeness (QED) is 0.545. The van der Waals surface area contributed by atoms with Gasteiger partial charge in [0.25, 0.3) is 0 Å². The summed E-state index contributed by atoms with van der Waals surface area (Å²) in [5.74, 6) is -6.41. The summed E-state index contributed by atoms with van der Waals surface area (Å²) < 4.78 is 10.1. The lowest BCUT2D eigenvalue weighted by molar-refractivity contribution is -0.171. The third-order valence-electron chi connectivity index (χ3n) is 5.84. The van der Waals surface area contributed by atoms with Gasteiger partial charge >= 0.3 is 11.9 Å². The van der Waals surface area contributed by atoms with E-state index in [1.54, 1.807) is 6.07 Å². The van der Waals surface area contributed by atoms with Gasteiger partial charge in [0, 0.05) is 16.7 Å². The molecule has 0 aromatic heterocycles. The van der Waals surface area contributed by atoms with E-state index in [0.717, 1.165) is 13.8 Å². The SMILES string of the molecule is CCOC(=O)C1=C2C(=O)c3ccccc3[C@@]2(O)C(C(C)=O)(C(C)=O)[C@H]1C(=O)OCC. The average Bonchev–Trinajstić information content (AvgIpc) is 3.07. The molecule has 30 heavy (non-hydrogen) atoms. The van der Waals surface area contributed by atoms with Crippen LogP contribution in [-0.4, -0.2) is 47.6 Å². The largest absolute Gasteiger partial charge is 0.465 e. The fourth-order valence-corrected chi connectivity index (χ4v) is 4.84. The van der Waals surface area contributed by atoms with Gasteiger partial charge in [0.2, 0.25) is 0 Å². The van der Waals surface area contributed by atoms with Crippen LogP contribution in [0.1, 0.15) is 43.6 Å². The molecule has 1 aromatic carbocycles. The van der Waals surface area contributed by atoms with Crippen LogP contribution in [0.2, 0.25) is 0 Å². The number of fused-ring (bicyclic) bond motifs is 3. The molecule has 0 amide bonds. The standard InChI is InChI=1S/C22H22O8/c1-5-29-19(26)15-16-18(25)13-9-7-8-10-14(13)22(16,28)21(11(3)23,12(4)24)17(15)20(27)30-6-2/h7-10,17,28H,5-6H2,1-4H3/t17-,22+/m1/s1. The molecule has 0 spiro atoms. The van der Waals surface area contributed by atoms with E-state index in [-0.39, 0.29) is 24.3 Å². The number of aliphatic hydroxyl groups is 1. The minimum absolute atomic E-state index is 0.0102. The number of benzene rings is 1. The average molecular weight is 414 g/mol. The molecule has 2 aliphatic carbocycles. The lowest BCUT2D eigenvalue weighted by Gasteiger charge is -2.41. The Morgan fingerprint density at radius 1 is 1.00 bits per heavy atom. The number of hydrogen-bond donors (Lipinski definition) is 1. The van der Waals surface area contributed by atoms with Crippen molar-refractivity contribution in [1.82, 2.24) is 0 Å². The van der Waals surface area contributed by atoms with Gasteiger partial charge in [-0.1, -0.05) is 24.3 Å². The highest BCUT2D eigenvalue weighted by Crippen LogP contribution is 2.64. The lowest BCUT2D eigenvalue weighted by Crippen LogP contribution is -2.57. The van der Waals surface area contributed by atoms with Gasteiger partial charge in [0.05, 0.1) is 18.8 Å². The zero-order valence-corrected chi connectivity index (χ0v) is 17.1. The first-order chi connectivity index (χ1) is 14.1. The number of esters is 2. The Balaban J connectivity index is 2.51. The number of ether oxygens (including phenoxy) is 2. The molecule has 2 aliphatic rings. The first-order valence-electron chi connectivity index (χ1n) is 9.59. The van der Waals surface area contributed by atoms with Crippen LogP contribution in [-0.2, 0) is 34.3 Å². The van der Waals surface area contributed by atoms with Crippen molar-refractivity contribution in [1.29, 1.82) is 0 Å². The van der Waals surface area contributed by atoms with E-state index in [1.807, 2.05) is 0 Å². The van der Waals surface area contributed by atoms with E-state index in [2.05, 4.69) is 0 Å². The van der Waals surface area contributed by atoms with Crippen LogP contribution in [0.4, 0.5) is 0 Å². The summed E-state index contributed by atoms with van der Waals surface area (Å²) in [5.41, 5.74) is -5.90. The normalized spacial score (nSPS) is 23.6. The van der Waals surface area contributed by atoms with Crippen LogP contribution in [0.15, 0.2) is 35.4 Å². The second-order valence-electron chi connectivity index (χ2n) is 7.20. The Labute approximate surface area is 172 Å². The minimum Gasteiger partial charge on any atom is -0.465 e. The Hall–Kier alpha value is -3.13. The van der Waals surface area contributed by atoms with Gasteiger partial charge in [-0.2, -0.15) is 0 Å². The Bertz CT molecular complexity index is 1000. The van der Waals surface area contributed by atoms with Crippen LogP contribution < -0.4 is 0 Å². The number of Topliss-reactive ketones (excluding diaryl/α,β-unsaturated/α-hetero) is 3. The lowest BCUT2D eigenvalue weighted by atomic mass is 9.60. The summed E-state index contributed by atoms with van der Waals surface area (Å²) in [6, 6.07) is 5.91. The van der Waals surface area contributed by atoms with Crippen LogP contribution in [0.25, 0.3) is 0 Å². The number of hydrogen-bond acceptors (Lipinski definition) is 8. The Morgan fingerprint density at radius 3 is 2.10 bits per heavy atom. The molecule has 8 nitrogen and oxygen atoms in total. The summed E-state index contributed by atoms with van der Waals surface area (Å²) >= 11 is 0. The number of carbonyl (C=O) groups excluding carboxylic acids is 5. The highest BCUT2D eigenvalue weighted by Gasteiger charge is 2.76. The molecule has 0 unspecified atom stereocenters. The summed E-state index contributed by atoms with van der Waals surface area (Å²) in [6.07, 6.45) is 0. The van der Waals surface area contributed by atoms with Crippen molar-refractivity contribution in [2.24, 2.45) is 11.3 Å². The van der Waals surface area contributed by atoms with Crippen LogP contribution in [0.5, 0.6) is 0 Å². The van der Waals surface area contributed by atoms with E-state index in [4.69, 9.17) is 9.47 Å². The van der Waals surface area contributed by atoms with Gasteiger partial charge in [-0.05, 0) is 27.7 Å². The molecule has 0 aliphatic heterocycles. The molecule has 0 heterocycles. The summed E-state index contributed by atoms with van der Waals surface area (Å²) in [5, 5.41) is 11.9. The van der Waals surface area contributed by atoms with E-state index < -0.39 is 57.4 Å². The summed E-state index contributed by atoms with van der Waals surface area (Å²) in [6.45, 7) is 4.94. The monoisotopic (exact) mass is 414 g/mol. The molecule has 3 rings (SSSR count). The highest BCUT2D eigenvalue weighted by atomic mass is 16.5. The molecule has 2 atom stereocenters. The molecule has 0 bridgehead atoms. The molecular formula is C22H22O8. The van der Waals surface area contributed by atoms with Crippen LogP contribution in [0, 0.1) is 11.3 Å². The van der Waals surface area contributed by atoms with Crippen LogP contribution >= 0.6 is 0 Å². The molecule has 0 fully saturated rings. The van der Waals surface area contributed by atoms with E-state index in [0.29, 0.717) is 0 Å². The second-order valence-corrected chi connectivity index (χ2v) is 7.20. The first-order valence-corrected chi connectivity index (χ1v) is 9.59. The number of carbonyl (C=O) groups is 5. The van der Waals surface area contributed by atoms with Crippen molar-refractivity contribution >= 4 is 29.3 Å². The smallest absolute Gasteiger partial charge is 0.335 e. The van der Waals surface area contributed by atoms with Crippen LogP contribution in [0.3, 0.4) is 0 Å². The molecule has 0 saturated heterocycles. The first kappa shape index (κ1) is 21.6. The zero-order chi connectivity index (χ0) is 22.4. The molecule has 1 aromatic rings. The highest BCUT2D eigenvalue weighted by molar-refractivity contribution is 6.26. The molecule has 1 N–H and O–H groups in total. The fraction of sp³-hybridized carbons (Fsp3) is 0.409. The van der Waals surface area contributed by atoms with Crippen molar-refractivity contribution in [3.05, 3.63) is 46.5 Å². The Kier molecular flexibility index (Phi) is 5.24. The van der Waals surface area contributed by atoms with Gasteiger partial charge in [-0.25, -0.2) is 4.79 Å². The van der Waals surface area contributed by atoms with Crippen molar-refractivity contribution in [2.45, 2.75) is 33.3 Å². The van der Waals surface area contributed by atoms with E-state index in [1.165, 1.54) is 32.0 Å². The number of ketones is 3. The van der Waals surface area contributed by atoms with Gasteiger partial charge in [-0.15, -0.1) is 0 Å². The van der Waals surface area contributed by atoms with Crippen molar-refractivity contribution in [3.8, 4) is 0 Å².